The van der Waals surface area contributed by atoms with Crippen molar-refractivity contribution in [2.24, 2.45) is 0 Å². The summed E-state index contributed by atoms with van der Waals surface area (Å²) < 4.78 is 28.5. The van der Waals surface area contributed by atoms with Crippen LogP contribution in [0.3, 0.4) is 0 Å². The standard InChI is InChI=1S/C21H22N2O2S/c1-16-13-18-9-5-11-20(21(18)22-15-16)26(24,25)23-12-6-10-19(23)14-17-7-3-2-4-8-17/h2-5,7-9,11,13,15,19H,6,10,12,14H2,1H3/t19-/m0/s1. The third-order valence-corrected chi connectivity index (χ3v) is 7.02. The molecule has 26 heavy (non-hydrogen) atoms. The van der Waals surface area contributed by atoms with Gasteiger partial charge in [0.15, 0.2) is 0 Å². The van der Waals surface area contributed by atoms with E-state index in [1.54, 1.807) is 22.6 Å². The molecule has 1 aliphatic heterocycles. The third-order valence-electron chi connectivity index (χ3n) is 5.03. The number of pyridine rings is 1. The van der Waals surface area contributed by atoms with E-state index < -0.39 is 10.0 Å². The Bertz CT molecular complexity index is 1030. The number of rotatable bonds is 4. The van der Waals surface area contributed by atoms with Crippen molar-refractivity contribution in [1.29, 1.82) is 0 Å². The Morgan fingerprint density at radius 3 is 2.73 bits per heavy atom. The minimum absolute atomic E-state index is 0.00287. The van der Waals surface area contributed by atoms with Crippen molar-refractivity contribution in [3.05, 3.63) is 71.9 Å². The van der Waals surface area contributed by atoms with Gasteiger partial charge in [-0.2, -0.15) is 4.31 Å². The normalized spacial score (nSPS) is 18.4. The van der Waals surface area contributed by atoms with Crippen molar-refractivity contribution in [2.75, 3.05) is 6.54 Å². The first-order chi connectivity index (χ1) is 12.6. The van der Waals surface area contributed by atoms with Gasteiger partial charge in [0.25, 0.3) is 0 Å². The summed E-state index contributed by atoms with van der Waals surface area (Å²) in [6.45, 7) is 2.53. The molecule has 1 atom stereocenters. The largest absolute Gasteiger partial charge is 0.255 e. The average molecular weight is 366 g/mol. The summed E-state index contributed by atoms with van der Waals surface area (Å²) >= 11 is 0. The molecule has 3 aromatic rings. The van der Waals surface area contributed by atoms with Crippen LogP contribution in [0.2, 0.25) is 0 Å². The van der Waals surface area contributed by atoms with Crippen LogP contribution < -0.4 is 0 Å². The molecule has 0 saturated carbocycles. The number of aromatic nitrogens is 1. The van der Waals surface area contributed by atoms with E-state index in [1.165, 1.54) is 5.56 Å². The van der Waals surface area contributed by atoms with Gasteiger partial charge < -0.3 is 0 Å². The van der Waals surface area contributed by atoms with Crippen molar-refractivity contribution in [2.45, 2.75) is 37.1 Å². The predicted octanol–water partition coefficient (Wildman–Crippen LogP) is 3.94. The molecule has 1 aliphatic rings. The molecule has 0 spiro atoms. The number of nitrogens with zero attached hydrogens (tertiary/aromatic N) is 2. The van der Waals surface area contributed by atoms with Crippen molar-refractivity contribution in [3.8, 4) is 0 Å². The van der Waals surface area contributed by atoms with Crippen LogP contribution in [0.25, 0.3) is 10.9 Å². The topological polar surface area (TPSA) is 50.3 Å². The van der Waals surface area contributed by atoms with Gasteiger partial charge in [0.1, 0.15) is 4.90 Å². The molecule has 2 aromatic carbocycles. The number of benzene rings is 2. The van der Waals surface area contributed by atoms with Gasteiger partial charge in [-0.15, -0.1) is 0 Å². The average Bonchev–Trinajstić information content (AvgIpc) is 3.11. The Labute approximate surface area is 154 Å². The maximum atomic E-state index is 13.4. The van der Waals surface area contributed by atoms with Gasteiger partial charge in [0, 0.05) is 24.2 Å². The lowest BCUT2D eigenvalue weighted by molar-refractivity contribution is 0.386. The zero-order chi connectivity index (χ0) is 18.1. The zero-order valence-corrected chi connectivity index (χ0v) is 15.6. The molecular weight excluding hydrogens is 344 g/mol. The number of hydrogen-bond acceptors (Lipinski definition) is 3. The van der Waals surface area contributed by atoms with Gasteiger partial charge in [-0.25, -0.2) is 8.42 Å². The molecule has 4 rings (SSSR count). The third kappa shape index (κ3) is 3.13. The smallest absolute Gasteiger partial charge is 0.245 e. The number of fused-ring (bicyclic) bond motifs is 1. The van der Waals surface area contributed by atoms with Crippen molar-refractivity contribution in [1.82, 2.24) is 9.29 Å². The lowest BCUT2D eigenvalue weighted by Gasteiger charge is -2.24. The van der Waals surface area contributed by atoms with E-state index in [-0.39, 0.29) is 6.04 Å². The van der Waals surface area contributed by atoms with Crippen LogP contribution in [0.4, 0.5) is 0 Å². The van der Waals surface area contributed by atoms with Gasteiger partial charge in [0.2, 0.25) is 10.0 Å². The highest BCUT2D eigenvalue weighted by atomic mass is 32.2. The SMILES string of the molecule is Cc1cnc2c(S(=O)(=O)N3CCC[C@H]3Cc3ccccc3)cccc2c1. The summed E-state index contributed by atoms with van der Waals surface area (Å²) in [5.74, 6) is 0. The van der Waals surface area contributed by atoms with Crippen LogP contribution in [-0.2, 0) is 16.4 Å². The molecular formula is C21H22N2O2S. The van der Waals surface area contributed by atoms with Gasteiger partial charge in [-0.1, -0.05) is 42.5 Å². The van der Waals surface area contributed by atoms with E-state index in [9.17, 15) is 8.42 Å². The molecule has 1 fully saturated rings. The molecule has 0 amide bonds. The molecule has 0 bridgehead atoms. The summed E-state index contributed by atoms with van der Waals surface area (Å²) in [5.41, 5.74) is 2.75. The molecule has 5 heteroatoms. The fourth-order valence-corrected chi connectivity index (χ4v) is 5.65. The Balaban J connectivity index is 1.72. The second kappa shape index (κ2) is 6.82. The minimum Gasteiger partial charge on any atom is -0.255 e. The quantitative estimate of drug-likeness (QED) is 0.703. The molecule has 0 unspecified atom stereocenters. The Morgan fingerprint density at radius 1 is 1.12 bits per heavy atom. The van der Waals surface area contributed by atoms with Crippen LogP contribution in [0.15, 0.2) is 65.7 Å². The molecule has 0 radical (unpaired) electrons. The second-order valence-corrected chi connectivity index (χ2v) is 8.80. The number of sulfonamides is 1. The van der Waals surface area contributed by atoms with Crippen molar-refractivity contribution < 1.29 is 8.42 Å². The maximum Gasteiger partial charge on any atom is 0.245 e. The highest BCUT2D eigenvalue weighted by Crippen LogP contribution is 2.31. The molecule has 1 aromatic heterocycles. The molecule has 1 saturated heterocycles. The Hall–Kier alpha value is -2.24. The number of para-hydroxylation sites is 1. The van der Waals surface area contributed by atoms with Gasteiger partial charge in [-0.3, -0.25) is 4.98 Å². The second-order valence-electron chi connectivity index (χ2n) is 6.94. The first-order valence-electron chi connectivity index (χ1n) is 8.97. The zero-order valence-electron chi connectivity index (χ0n) is 14.8. The van der Waals surface area contributed by atoms with E-state index in [1.807, 2.05) is 37.3 Å². The first-order valence-corrected chi connectivity index (χ1v) is 10.4. The lowest BCUT2D eigenvalue weighted by Crippen LogP contribution is -2.37. The lowest BCUT2D eigenvalue weighted by atomic mass is 10.1. The van der Waals surface area contributed by atoms with Crippen LogP contribution in [0.1, 0.15) is 24.0 Å². The van der Waals surface area contributed by atoms with Gasteiger partial charge in [-0.05, 0) is 49.4 Å². The summed E-state index contributed by atoms with van der Waals surface area (Å²) in [7, 11) is -3.58. The maximum absolute atomic E-state index is 13.4. The summed E-state index contributed by atoms with van der Waals surface area (Å²) in [6.07, 6.45) is 4.27. The van der Waals surface area contributed by atoms with E-state index >= 15 is 0 Å². The Kier molecular flexibility index (Phi) is 4.51. The fraction of sp³-hybridized carbons (Fsp3) is 0.286. The molecule has 4 nitrogen and oxygen atoms in total. The van der Waals surface area contributed by atoms with Gasteiger partial charge in [0.05, 0.1) is 5.52 Å². The minimum atomic E-state index is -3.58. The fourth-order valence-electron chi connectivity index (χ4n) is 3.79. The molecule has 0 aliphatic carbocycles. The van der Waals surface area contributed by atoms with Gasteiger partial charge >= 0.3 is 0 Å². The summed E-state index contributed by atoms with van der Waals surface area (Å²) in [5, 5.41) is 0.866. The molecule has 2 heterocycles. The van der Waals surface area contributed by atoms with Crippen LogP contribution in [-0.4, -0.2) is 30.3 Å². The molecule has 0 N–H and O–H groups in total. The highest BCUT2D eigenvalue weighted by molar-refractivity contribution is 7.89. The van der Waals surface area contributed by atoms with Crippen LogP contribution in [0, 0.1) is 6.92 Å². The van der Waals surface area contributed by atoms with E-state index in [0.29, 0.717) is 17.0 Å². The van der Waals surface area contributed by atoms with Crippen molar-refractivity contribution in [3.63, 3.8) is 0 Å². The summed E-state index contributed by atoms with van der Waals surface area (Å²) in [6, 6.07) is 17.5. The van der Waals surface area contributed by atoms with E-state index in [4.69, 9.17) is 0 Å². The predicted molar refractivity (Wildman–Crippen MR) is 104 cm³/mol. The number of hydrogen-bond donors (Lipinski definition) is 0. The van der Waals surface area contributed by atoms with E-state index in [0.717, 1.165) is 30.2 Å². The van der Waals surface area contributed by atoms with Crippen molar-refractivity contribution >= 4 is 20.9 Å². The Morgan fingerprint density at radius 2 is 1.92 bits per heavy atom. The monoisotopic (exact) mass is 366 g/mol. The number of aryl methyl sites for hydroxylation is 1. The molecule has 134 valence electrons. The summed E-state index contributed by atoms with van der Waals surface area (Å²) in [4.78, 5) is 4.74. The highest BCUT2D eigenvalue weighted by Gasteiger charge is 2.36. The van der Waals surface area contributed by atoms with E-state index in [2.05, 4.69) is 17.1 Å². The van der Waals surface area contributed by atoms with Crippen LogP contribution >= 0.6 is 0 Å². The first kappa shape index (κ1) is 17.2. The van der Waals surface area contributed by atoms with Crippen LogP contribution in [0.5, 0.6) is 0 Å².